The first kappa shape index (κ1) is 22.9. The predicted octanol–water partition coefficient (Wildman–Crippen LogP) is 5.55. The fourth-order valence-electron chi connectivity index (χ4n) is 2.61. The summed E-state index contributed by atoms with van der Waals surface area (Å²) in [5.74, 6) is 0.321. The fraction of sp³-hybridized carbons (Fsp3) is 0.0952. The molecule has 0 aliphatic heterocycles. The first-order chi connectivity index (χ1) is 15.2. The molecular formula is C21H16ClF3N4O3. The number of carbonyl (C=O) groups is 2. The zero-order valence-electron chi connectivity index (χ0n) is 16.5. The molecule has 0 bridgehead atoms. The highest BCUT2D eigenvalue weighted by molar-refractivity contribution is 6.31. The number of ether oxygens (including phenoxy) is 1. The van der Waals surface area contributed by atoms with E-state index in [9.17, 15) is 22.8 Å². The Morgan fingerprint density at radius 2 is 1.66 bits per heavy atom. The van der Waals surface area contributed by atoms with Crippen LogP contribution >= 0.6 is 11.6 Å². The van der Waals surface area contributed by atoms with Gasteiger partial charge in [0.05, 0.1) is 10.6 Å². The Balaban J connectivity index is 1.69. The smallest absolute Gasteiger partial charge is 0.417 e. The van der Waals surface area contributed by atoms with Crippen molar-refractivity contribution in [3.8, 4) is 11.5 Å². The fourth-order valence-corrected chi connectivity index (χ4v) is 2.84. The number of amides is 3. The van der Waals surface area contributed by atoms with E-state index >= 15 is 0 Å². The van der Waals surface area contributed by atoms with Crippen LogP contribution in [0, 0.1) is 0 Å². The van der Waals surface area contributed by atoms with Gasteiger partial charge in [-0.2, -0.15) is 13.2 Å². The minimum atomic E-state index is -4.65. The predicted molar refractivity (Wildman–Crippen MR) is 113 cm³/mol. The largest absolute Gasteiger partial charge is 0.457 e. The van der Waals surface area contributed by atoms with Crippen LogP contribution in [-0.4, -0.2) is 24.0 Å². The molecule has 3 N–H and O–H groups in total. The van der Waals surface area contributed by atoms with Gasteiger partial charge in [-0.1, -0.05) is 17.7 Å². The summed E-state index contributed by atoms with van der Waals surface area (Å²) in [6.45, 7) is 0. The van der Waals surface area contributed by atoms with Crippen molar-refractivity contribution in [1.29, 1.82) is 0 Å². The number of alkyl halides is 3. The standard InChI is InChI=1S/C21H16ClF3N4O3/c1-26-19(30)18-11-15(7-8-27-18)32-14-4-2-3-12(9-14)28-20(31)29-13-5-6-17(22)16(10-13)21(23,24)25/h2-11H,1H3,(H,26,30)(H2,28,29,31). The Hall–Kier alpha value is -3.79. The Bertz CT molecular complexity index is 1160. The molecule has 2 aromatic carbocycles. The third-order valence-electron chi connectivity index (χ3n) is 4.05. The van der Waals surface area contributed by atoms with Crippen molar-refractivity contribution in [2.45, 2.75) is 6.18 Å². The van der Waals surface area contributed by atoms with E-state index in [1.54, 1.807) is 24.3 Å². The molecule has 0 radical (unpaired) electrons. The maximum absolute atomic E-state index is 13.0. The van der Waals surface area contributed by atoms with Crippen LogP contribution in [0.3, 0.4) is 0 Å². The van der Waals surface area contributed by atoms with E-state index in [0.29, 0.717) is 17.2 Å². The van der Waals surface area contributed by atoms with Crippen LogP contribution in [0.5, 0.6) is 11.5 Å². The van der Waals surface area contributed by atoms with Gasteiger partial charge in [0, 0.05) is 36.8 Å². The number of nitrogens with zero attached hydrogens (tertiary/aromatic N) is 1. The monoisotopic (exact) mass is 464 g/mol. The molecule has 3 rings (SSSR count). The van der Waals surface area contributed by atoms with E-state index in [4.69, 9.17) is 16.3 Å². The molecule has 11 heteroatoms. The molecule has 0 aliphatic rings. The molecule has 1 heterocycles. The number of anilines is 2. The van der Waals surface area contributed by atoms with E-state index in [1.807, 2.05) is 0 Å². The van der Waals surface area contributed by atoms with Gasteiger partial charge in [0.25, 0.3) is 5.91 Å². The van der Waals surface area contributed by atoms with Gasteiger partial charge in [0.2, 0.25) is 0 Å². The number of rotatable bonds is 5. The number of halogens is 4. The highest BCUT2D eigenvalue weighted by atomic mass is 35.5. The second-order valence-electron chi connectivity index (χ2n) is 6.36. The van der Waals surface area contributed by atoms with E-state index in [0.717, 1.165) is 12.1 Å². The summed E-state index contributed by atoms with van der Waals surface area (Å²) >= 11 is 5.58. The van der Waals surface area contributed by atoms with Gasteiger partial charge in [-0.3, -0.25) is 9.78 Å². The first-order valence-electron chi connectivity index (χ1n) is 9.06. The number of benzene rings is 2. The average Bonchev–Trinajstić information content (AvgIpc) is 2.74. The molecule has 0 saturated carbocycles. The summed E-state index contributed by atoms with van der Waals surface area (Å²) in [5.41, 5.74) is -0.642. The SMILES string of the molecule is CNC(=O)c1cc(Oc2cccc(NC(=O)Nc3ccc(Cl)c(C(F)(F)F)c3)c2)ccn1. The molecule has 0 spiro atoms. The van der Waals surface area contributed by atoms with Crippen LogP contribution in [0.2, 0.25) is 5.02 Å². The summed E-state index contributed by atoms with van der Waals surface area (Å²) in [5, 5.41) is 6.82. The lowest BCUT2D eigenvalue weighted by molar-refractivity contribution is -0.137. The quantitative estimate of drug-likeness (QED) is 0.461. The summed E-state index contributed by atoms with van der Waals surface area (Å²) in [6.07, 6.45) is -3.24. The number of carbonyl (C=O) groups excluding carboxylic acids is 2. The highest BCUT2D eigenvalue weighted by Crippen LogP contribution is 2.36. The van der Waals surface area contributed by atoms with Crippen LogP contribution in [0.4, 0.5) is 29.3 Å². The van der Waals surface area contributed by atoms with Crippen molar-refractivity contribution in [1.82, 2.24) is 10.3 Å². The second-order valence-corrected chi connectivity index (χ2v) is 6.76. The lowest BCUT2D eigenvalue weighted by Crippen LogP contribution is -2.20. The van der Waals surface area contributed by atoms with Gasteiger partial charge in [-0.15, -0.1) is 0 Å². The van der Waals surface area contributed by atoms with E-state index in [-0.39, 0.29) is 17.3 Å². The Kier molecular flexibility index (Phi) is 6.84. The van der Waals surface area contributed by atoms with Crippen LogP contribution in [0.25, 0.3) is 0 Å². The Labute approximate surface area is 185 Å². The van der Waals surface area contributed by atoms with E-state index in [2.05, 4.69) is 20.9 Å². The molecule has 0 atom stereocenters. The highest BCUT2D eigenvalue weighted by Gasteiger charge is 2.33. The second kappa shape index (κ2) is 9.56. The van der Waals surface area contributed by atoms with Crippen LogP contribution in [-0.2, 0) is 6.18 Å². The lowest BCUT2D eigenvalue weighted by Gasteiger charge is -2.13. The van der Waals surface area contributed by atoms with Gasteiger partial charge in [-0.05, 0) is 36.4 Å². The van der Waals surface area contributed by atoms with Crippen molar-refractivity contribution in [2.75, 3.05) is 17.7 Å². The molecule has 32 heavy (non-hydrogen) atoms. The number of pyridine rings is 1. The van der Waals surface area contributed by atoms with E-state index < -0.39 is 22.8 Å². The van der Waals surface area contributed by atoms with Gasteiger partial charge in [0.1, 0.15) is 17.2 Å². The molecule has 1 aromatic heterocycles. The van der Waals surface area contributed by atoms with Crippen molar-refractivity contribution < 1.29 is 27.5 Å². The molecule has 0 unspecified atom stereocenters. The van der Waals surface area contributed by atoms with Gasteiger partial charge in [0.15, 0.2) is 0 Å². The van der Waals surface area contributed by atoms with Crippen molar-refractivity contribution in [3.63, 3.8) is 0 Å². The number of hydrogen-bond acceptors (Lipinski definition) is 4. The number of nitrogens with one attached hydrogen (secondary N) is 3. The lowest BCUT2D eigenvalue weighted by atomic mass is 10.2. The number of urea groups is 1. The van der Waals surface area contributed by atoms with Crippen LogP contribution in [0.1, 0.15) is 16.1 Å². The molecule has 0 fully saturated rings. The Morgan fingerprint density at radius 3 is 2.34 bits per heavy atom. The summed E-state index contributed by atoms with van der Waals surface area (Å²) in [7, 11) is 1.48. The van der Waals surface area contributed by atoms with Crippen molar-refractivity contribution in [3.05, 3.63) is 77.1 Å². The molecule has 0 aliphatic carbocycles. The summed E-state index contributed by atoms with van der Waals surface area (Å²) in [6, 6.07) is 11.6. The minimum Gasteiger partial charge on any atom is -0.457 e. The molecular weight excluding hydrogens is 449 g/mol. The van der Waals surface area contributed by atoms with E-state index in [1.165, 1.54) is 31.4 Å². The Morgan fingerprint density at radius 1 is 0.969 bits per heavy atom. The van der Waals surface area contributed by atoms with Gasteiger partial charge < -0.3 is 20.7 Å². The zero-order valence-corrected chi connectivity index (χ0v) is 17.2. The maximum atomic E-state index is 13.0. The van der Waals surface area contributed by atoms with Gasteiger partial charge in [-0.25, -0.2) is 4.79 Å². The van der Waals surface area contributed by atoms with Gasteiger partial charge >= 0.3 is 12.2 Å². The summed E-state index contributed by atoms with van der Waals surface area (Å²) in [4.78, 5) is 27.8. The number of hydrogen-bond donors (Lipinski definition) is 3. The normalized spacial score (nSPS) is 10.9. The molecule has 7 nitrogen and oxygen atoms in total. The number of aromatic nitrogens is 1. The van der Waals surface area contributed by atoms with Crippen molar-refractivity contribution >= 4 is 34.9 Å². The molecule has 3 amide bonds. The maximum Gasteiger partial charge on any atom is 0.417 e. The zero-order chi connectivity index (χ0) is 23.3. The molecule has 166 valence electrons. The van der Waals surface area contributed by atoms with Crippen molar-refractivity contribution in [2.24, 2.45) is 0 Å². The van der Waals surface area contributed by atoms with Crippen LogP contribution in [0.15, 0.2) is 60.8 Å². The molecule has 3 aromatic rings. The minimum absolute atomic E-state index is 0.0786. The summed E-state index contributed by atoms with van der Waals surface area (Å²) < 4.78 is 44.6. The first-order valence-corrected chi connectivity index (χ1v) is 9.44. The average molecular weight is 465 g/mol. The molecule has 0 saturated heterocycles. The van der Waals surface area contributed by atoms with Crippen LogP contribution < -0.4 is 20.7 Å². The third-order valence-corrected chi connectivity index (χ3v) is 4.38. The topological polar surface area (TPSA) is 92.4 Å². The third kappa shape index (κ3) is 5.88.